The van der Waals surface area contributed by atoms with Crippen molar-refractivity contribution in [1.82, 2.24) is 10.6 Å². The predicted octanol–water partition coefficient (Wildman–Crippen LogP) is -2.31. The fourth-order valence-electron chi connectivity index (χ4n) is 0.567. The molecule has 0 aliphatic rings. The van der Waals surface area contributed by atoms with Gasteiger partial charge in [0.25, 0.3) is 0 Å². The molecule has 7 heteroatoms. The Balaban J connectivity index is 0. The first-order chi connectivity index (χ1) is 5.63. The molecule has 0 saturated heterocycles. The van der Waals surface area contributed by atoms with E-state index in [0.29, 0.717) is 13.1 Å². The van der Waals surface area contributed by atoms with Crippen LogP contribution in [0.25, 0.3) is 0 Å². The van der Waals surface area contributed by atoms with Crippen molar-refractivity contribution < 1.29 is 19.8 Å². The van der Waals surface area contributed by atoms with Crippen LogP contribution < -0.4 is 10.6 Å². The molecule has 0 aromatic rings. The first-order valence-corrected chi connectivity index (χ1v) is 3.48. The first kappa shape index (κ1) is 15.3. The molecule has 13 heavy (non-hydrogen) atoms. The van der Waals surface area contributed by atoms with Gasteiger partial charge in [0.1, 0.15) is 0 Å². The number of carbonyl (C=O) groups is 2. The molecule has 0 aliphatic carbocycles. The second-order valence-electron chi connectivity index (χ2n) is 2.14. The second-order valence-corrected chi connectivity index (χ2v) is 2.14. The molecule has 4 N–H and O–H groups in total. The van der Waals surface area contributed by atoms with Gasteiger partial charge in [-0.15, -0.1) is 0 Å². The van der Waals surface area contributed by atoms with Crippen molar-refractivity contribution in [2.75, 3.05) is 26.2 Å². The van der Waals surface area contributed by atoms with Crippen LogP contribution >= 0.6 is 0 Å². The summed E-state index contributed by atoms with van der Waals surface area (Å²) >= 11 is 0. The van der Waals surface area contributed by atoms with E-state index in [1.165, 1.54) is 0 Å². The van der Waals surface area contributed by atoms with Gasteiger partial charge in [0, 0.05) is 13.1 Å². The first-order valence-electron chi connectivity index (χ1n) is 3.48. The van der Waals surface area contributed by atoms with Crippen molar-refractivity contribution in [2.45, 2.75) is 0 Å². The molecule has 6 nitrogen and oxygen atoms in total. The van der Waals surface area contributed by atoms with Crippen LogP contribution in [-0.4, -0.2) is 77.9 Å². The van der Waals surface area contributed by atoms with Crippen LogP contribution in [0.3, 0.4) is 0 Å². The average molecular weight is 200 g/mol. The maximum atomic E-state index is 9.96. The van der Waals surface area contributed by atoms with E-state index in [1.54, 1.807) is 0 Å². The van der Waals surface area contributed by atoms with Crippen LogP contribution in [-0.2, 0) is 9.59 Å². The summed E-state index contributed by atoms with van der Waals surface area (Å²) in [6, 6.07) is 0. The van der Waals surface area contributed by atoms with E-state index in [9.17, 15) is 9.59 Å². The number of nitrogens with one attached hydrogen (secondary N) is 2. The molecule has 0 rings (SSSR count). The Morgan fingerprint density at radius 3 is 1.46 bits per heavy atom. The van der Waals surface area contributed by atoms with Gasteiger partial charge >= 0.3 is 41.5 Å². The third kappa shape index (κ3) is 14.7. The van der Waals surface area contributed by atoms with Gasteiger partial charge in [0.05, 0.1) is 13.1 Å². The third-order valence-electron chi connectivity index (χ3n) is 1.03. The van der Waals surface area contributed by atoms with Crippen molar-refractivity contribution >= 4 is 41.5 Å². The molecule has 0 aromatic carbocycles. The van der Waals surface area contributed by atoms with Crippen LogP contribution in [0.5, 0.6) is 0 Å². The zero-order chi connectivity index (χ0) is 9.40. The van der Waals surface area contributed by atoms with E-state index in [0.717, 1.165) is 0 Å². The van der Waals surface area contributed by atoms with Crippen molar-refractivity contribution in [3.63, 3.8) is 0 Å². The molecule has 0 spiro atoms. The van der Waals surface area contributed by atoms with E-state index in [-0.39, 0.29) is 42.6 Å². The Morgan fingerprint density at radius 1 is 0.923 bits per heavy atom. The monoisotopic (exact) mass is 200 g/mol. The summed E-state index contributed by atoms with van der Waals surface area (Å²) in [5.74, 6) is -1.85. The molecule has 0 unspecified atom stereocenters. The van der Waals surface area contributed by atoms with E-state index in [4.69, 9.17) is 10.2 Å². The molecule has 0 aliphatic heterocycles. The quantitative estimate of drug-likeness (QED) is 0.272. The van der Waals surface area contributed by atoms with Gasteiger partial charge in [-0.2, -0.15) is 0 Å². The number of hydrogen-bond donors (Lipinski definition) is 4. The average Bonchev–Trinajstić information content (AvgIpc) is 1.95. The van der Waals surface area contributed by atoms with Gasteiger partial charge in [-0.3, -0.25) is 9.59 Å². The zero-order valence-corrected chi connectivity index (χ0v) is 6.54. The minimum absolute atomic E-state index is 0. The van der Waals surface area contributed by atoms with Crippen LogP contribution in [0.15, 0.2) is 0 Å². The second kappa shape index (κ2) is 9.94. The van der Waals surface area contributed by atoms with Gasteiger partial charge in [-0.25, -0.2) is 0 Å². The number of rotatable bonds is 7. The summed E-state index contributed by atoms with van der Waals surface area (Å²) in [5.41, 5.74) is 0. The molecule has 72 valence electrons. The topological polar surface area (TPSA) is 98.7 Å². The Kier molecular flexibility index (Phi) is 11.7. The summed E-state index contributed by atoms with van der Waals surface area (Å²) in [6.45, 7) is 0.683. The zero-order valence-electron chi connectivity index (χ0n) is 6.54. The Morgan fingerprint density at radius 2 is 1.23 bits per heavy atom. The van der Waals surface area contributed by atoms with Crippen molar-refractivity contribution in [3.05, 3.63) is 0 Å². The van der Waals surface area contributed by atoms with Gasteiger partial charge in [-0.05, 0) is 0 Å². The number of aliphatic carboxylic acids is 2. The number of hydrogen-bond acceptors (Lipinski definition) is 4. The van der Waals surface area contributed by atoms with Gasteiger partial charge < -0.3 is 20.8 Å². The normalized spacial score (nSPS) is 8.92. The molecule has 0 aromatic heterocycles. The summed E-state index contributed by atoms with van der Waals surface area (Å²) in [5, 5.41) is 21.6. The van der Waals surface area contributed by atoms with Crippen LogP contribution in [0, 0.1) is 0 Å². The fourth-order valence-corrected chi connectivity index (χ4v) is 0.567. The summed E-state index contributed by atoms with van der Waals surface area (Å²) in [7, 11) is 0. The van der Waals surface area contributed by atoms with E-state index in [1.807, 2.05) is 0 Å². The molecular weight excluding hydrogens is 187 g/mol. The van der Waals surface area contributed by atoms with E-state index < -0.39 is 11.9 Å². The van der Waals surface area contributed by atoms with Crippen molar-refractivity contribution in [3.8, 4) is 0 Å². The molecule has 0 heterocycles. The number of carboxylic acid groups (broad SMARTS) is 2. The fraction of sp³-hybridized carbons (Fsp3) is 0.667. The molecule has 0 amide bonds. The predicted molar refractivity (Wildman–Crippen MR) is 48.2 cm³/mol. The number of carboxylic acids is 2. The van der Waals surface area contributed by atoms with Crippen LogP contribution in [0.2, 0.25) is 0 Å². The SMILES string of the molecule is O=C(O)CNCCNCC(=O)O.[NaH]. The van der Waals surface area contributed by atoms with Crippen LogP contribution in [0.4, 0.5) is 0 Å². The van der Waals surface area contributed by atoms with Crippen LogP contribution in [0.1, 0.15) is 0 Å². The molecule has 0 bridgehead atoms. The molecule has 0 radical (unpaired) electrons. The summed E-state index contributed by atoms with van der Waals surface area (Å²) in [4.78, 5) is 19.9. The molecule has 0 atom stereocenters. The standard InChI is InChI=1S/C6H12N2O4.Na.H/c9-5(10)3-7-1-2-8-4-6(11)12;;/h7-8H,1-4H2,(H,9,10)(H,11,12);;. The minimum atomic E-state index is -0.923. The van der Waals surface area contributed by atoms with Gasteiger partial charge in [0.15, 0.2) is 0 Å². The van der Waals surface area contributed by atoms with Crippen molar-refractivity contribution in [1.29, 1.82) is 0 Å². The van der Waals surface area contributed by atoms with E-state index >= 15 is 0 Å². The third-order valence-corrected chi connectivity index (χ3v) is 1.03. The van der Waals surface area contributed by atoms with Gasteiger partial charge in [-0.1, -0.05) is 0 Å². The Bertz CT molecular complexity index is 147. The van der Waals surface area contributed by atoms with E-state index in [2.05, 4.69) is 10.6 Å². The Hall–Kier alpha value is -0.140. The maximum absolute atomic E-state index is 9.96. The molecular formula is C6H13N2NaO4. The Labute approximate surface area is 98.0 Å². The molecule has 0 fully saturated rings. The summed E-state index contributed by atoms with van der Waals surface area (Å²) in [6.07, 6.45) is 0. The molecule has 0 saturated carbocycles. The summed E-state index contributed by atoms with van der Waals surface area (Å²) < 4.78 is 0. The van der Waals surface area contributed by atoms with Gasteiger partial charge in [0.2, 0.25) is 0 Å². The van der Waals surface area contributed by atoms with Crippen molar-refractivity contribution in [2.24, 2.45) is 0 Å².